The van der Waals surface area contributed by atoms with Crippen LogP contribution in [0.1, 0.15) is 5.82 Å². The Morgan fingerprint density at radius 3 is 2.30 bits per heavy atom. The lowest BCUT2D eigenvalue weighted by Crippen LogP contribution is -2.19. The Hall–Kier alpha value is -3.18. The van der Waals surface area contributed by atoms with Gasteiger partial charge in [0.05, 0.1) is 10.6 Å². The van der Waals surface area contributed by atoms with Crippen molar-refractivity contribution in [3.05, 3.63) is 76.2 Å². The molecule has 0 unspecified atom stereocenters. The molecule has 3 rings (SSSR count). The number of hydrogen-bond acceptors (Lipinski definition) is 5. The van der Waals surface area contributed by atoms with Crippen LogP contribution in [0, 0.1) is 5.82 Å². The monoisotopic (exact) mass is 438 g/mol. The summed E-state index contributed by atoms with van der Waals surface area (Å²) in [6.45, 7) is -0.436. The van der Waals surface area contributed by atoms with Crippen molar-refractivity contribution in [2.75, 3.05) is 12.8 Å². The Kier molecular flexibility index (Phi) is 5.94. The standard InChI is InChI=1S/C19H17F3N4O3S/c1-30(28,29)14-5-2-11(3-6-14)12-4-7-16(15(20)8-12)26-17(24-25-19(26)27)9-13(10-23)18(21)22/h2-8H,9-10,23H2,1H3,(H,25,27). The zero-order chi connectivity index (χ0) is 22.1. The second-order valence-electron chi connectivity index (χ2n) is 6.49. The molecule has 0 aliphatic heterocycles. The van der Waals surface area contributed by atoms with E-state index in [1.165, 1.54) is 36.4 Å². The highest BCUT2D eigenvalue weighted by Crippen LogP contribution is 2.25. The highest BCUT2D eigenvalue weighted by Gasteiger charge is 2.18. The molecule has 0 atom stereocenters. The summed E-state index contributed by atoms with van der Waals surface area (Å²) in [6.07, 6.45) is -1.32. The van der Waals surface area contributed by atoms with Gasteiger partial charge in [0.15, 0.2) is 9.84 Å². The summed E-state index contributed by atoms with van der Waals surface area (Å²) in [5.74, 6) is -0.902. The third-order valence-corrected chi connectivity index (χ3v) is 5.56. The fraction of sp³-hybridized carbons (Fsp3) is 0.158. The number of benzene rings is 2. The van der Waals surface area contributed by atoms with Gasteiger partial charge in [-0.25, -0.2) is 27.3 Å². The van der Waals surface area contributed by atoms with Gasteiger partial charge in [0.1, 0.15) is 11.6 Å². The van der Waals surface area contributed by atoms with Gasteiger partial charge in [0.2, 0.25) is 0 Å². The highest BCUT2D eigenvalue weighted by molar-refractivity contribution is 7.90. The Labute approximate surface area is 169 Å². The molecule has 11 heteroatoms. The van der Waals surface area contributed by atoms with Crippen molar-refractivity contribution < 1.29 is 21.6 Å². The lowest BCUT2D eigenvalue weighted by molar-refractivity contribution is 0.407. The number of sulfone groups is 1. The number of aromatic nitrogens is 3. The number of aromatic amines is 1. The van der Waals surface area contributed by atoms with Gasteiger partial charge in [-0.05, 0) is 35.4 Å². The molecule has 0 saturated carbocycles. The maximum absolute atomic E-state index is 14.8. The molecule has 0 aliphatic rings. The fourth-order valence-corrected chi connectivity index (χ4v) is 3.50. The third kappa shape index (κ3) is 4.36. The highest BCUT2D eigenvalue weighted by atomic mass is 32.2. The summed E-state index contributed by atoms with van der Waals surface area (Å²) in [7, 11) is -3.36. The van der Waals surface area contributed by atoms with Crippen LogP contribution in [0.5, 0.6) is 0 Å². The molecule has 0 spiro atoms. The summed E-state index contributed by atoms with van der Waals surface area (Å²) in [6, 6.07) is 9.86. The van der Waals surface area contributed by atoms with Gasteiger partial charge in [-0.2, -0.15) is 13.9 Å². The molecule has 2 aromatic carbocycles. The van der Waals surface area contributed by atoms with Gasteiger partial charge in [0, 0.05) is 24.8 Å². The second-order valence-corrected chi connectivity index (χ2v) is 8.50. The molecule has 3 aromatic rings. The first kappa shape index (κ1) is 21.5. The first-order valence-corrected chi connectivity index (χ1v) is 10.5. The van der Waals surface area contributed by atoms with Crippen molar-refractivity contribution in [3.63, 3.8) is 0 Å². The predicted molar refractivity (Wildman–Crippen MR) is 105 cm³/mol. The number of H-pyrrole nitrogens is 1. The number of hydrogen-bond donors (Lipinski definition) is 2. The smallest absolute Gasteiger partial charge is 0.327 e. The molecule has 158 valence electrons. The maximum atomic E-state index is 14.8. The number of nitrogens with zero attached hydrogens (tertiary/aromatic N) is 2. The normalized spacial score (nSPS) is 11.5. The van der Waals surface area contributed by atoms with Gasteiger partial charge in [-0.3, -0.25) is 0 Å². The number of rotatable bonds is 6. The van der Waals surface area contributed by atoms with Crippen molar-refractivity contribution in [2.45, 2.75) is 11.3 Å². The number of nitrogens with two attached hydrogens (primary N) is 1. The van der Waals surface area contributed by atoms with Gasteiger partial charge in [0.25, 0.3) is 6.08 Å². The quantitative estimate of drug-likeness (QED) is 0.614. The van der Waals surface area contributed by atoms with Crippen molar-refractivity contribution >= 4 is 9.84 Å². The lowest BCUT2D eigenvalue weighted by Gasteiger charge is -2.10. The average molecular weight is 438 g/mol. The van der Waals surface area contributed by atoms with E-state index < -0.39 is 46.0 Å². The topological polar surface area (TPSA) is 111 Å². The molecule has 3 N–H and O–H groups in total. The molecule has 1 aromatic heterocycles. The van der Waals surface area contributed by atoms with Gasteiger partial charge < -0.3 is 5.73 Å². The molecule has 7 nitrogen and oxygen atoms in total. The molecular formula is C19H17F3N4O3S. The van der Waals surface area contributed by atoms with Crippen LogP contribution >= 0.6 is 0 Å². The fourth-order valence-electron chi connectivity index (χ4n) is 2.87. The Balaban J connectivity index is 2.00. The molecule has 1 heterocycles. The Bertz CT molecular complexity index is 1280. The second kappa shape index (κ2) is 8.28. The molecular weight excluding hydrogens is 421 g/mol. The van der Waals surface area contributed by atoms with Crippen LogP contribution in [0.25, 0.3) is 16.8 Å². The van der Waals surface area contributed by atoms with Gasteiger partial charge >= 0.3 is 5.69 Å². The van der Waals surface area contributed by atoms with Crippen LogP contribution in [0.15, 0.2) is 63.8 Å². The Morgan fingerprint density at radius 1 is 1.13 bits per heavy atom. The van der Waals surface area contributed by atoms with E-state index in [1.54, 1.807) is 0 Å². The molecule has 0 fully saturated rings. The van der Waals surface area contributed by atoms with E-state index in [1.807, 2.05) is 0 Å². The number of halogens is 3. The van der Waals surface area contributed by atoms with Crippen LogP contribution in [0.4, 0.5) is 13.2 Å². The molecule has 0 amide bonds. The predicted octanol–water partition coefficient (Wildman–Crippen LogP) is 2.42. The summed E-state index contributed by atoms with van der Waals surface area (Å²) >= 11 is 0. The van der Waals surface area contributed by atoms with Crippen LogP contribution in [0.3, 0.4) is 0 Å². The third-order valence-electron chi connectivity index (χ3n) is 4.43. The number of nitrogens with one attached hydrogen (secondary N) is 1. The zero-order valence-electron chi connectivity index (χ0n) is 15.7. The van der Waals surface area contributed by atoms with E-state index in [-0.39, 0.29) is 16.4 Å². The van der Waals surface area contributed by atoms with Crippen LogP contribution in [-0.2, 0) is 16.3 Å². The zero-order valence-corrected chi connectivity index (χ0v) is 16.5. The van der Waals surface area contributed by atoms with E-state index in [2.05, 4.69) is 10.2 Å². The average Bonchev–Trinajstić information content (AvgIpc) is 3.05. The molecule has 0 radical (unpaired) electrons. The van der Waals surface area contributed by atoms with Crippen molar-refractivity contribution in [3.8, 4) is 16.8 Å². The van der Waals surface area contributed by atoms with E-state index in [0.717, 1.165) is 16.9 Å². The minimum Gasteiger partial charge on any atom is -0.327 e. The van der Waals surface area contributed by atoms with Crippen molar-refractivity contribution in [2.24, 2.45) is 5.73 Å². The molecule has 0 aliphatic carbocycles. The summed E-state index contributed by atoms with van der Waals surface area (Å²) in [5, 5.41) is 5.82. The molecule has 0 bridgehead atoms. The molecule has 30 heavy (non-hydrogen) atoms. The summed E-state index contributed by atoms with van der Waals surface area (Å²) in [4.78, 5) is 12.2. The molecule has 0 saturated heterocycles. The lowest BCUT2D eigenvalue weighted by atomic mass is 10.1. The van der Waals surface area contributed by atoms with Crippen molar-refractivity contribution in [1.29, 1.82) is 0 Å². The van der Waals surface area contributed by atoms with Crippen LogP contribution in [0.2, 0.25) is 0 Å². The van der Waals surface area contributed by atoms with Crippen LogP contribution in [-0.4, -0.2) is 36.0 Å². The first-order valence-electron chi connectivity index (χ1n) is 8.61. The summed E-state index contributed by atoms with van der Waals surface area (Å²) < 4.78 is 64.6. The minimum absolute atomic E-state index is 0.114. The summed E-state index contributed by atoms with van der Waals surface area (Å²) in [5.41, 5.74) is 4.91. The van der Waals surface area contributed by atoms with Gasteiger partial charge in [-0.1, -0.05) is 18.2 Å². The first-order chi connectivity index (χ1) is 14.1. The minimum atomic E-state index is -3.36. The van der Waals surface area contributed by atoms with E-state index >= 15 is 0 Å². The maximum Gasteiger partial charge on any atom is 0.348 e. The van der Waals surface area contributed by atoms with E-state index in [0.29, 0.717) is 11.1 Å². The van der Waals surface area contributed by atoms with E-state index in [9.17, 15) is 26.4 Å². The Morgan fingerprint density at radius 2 is 1.77 bits per heavy atom. The van der Waals surface area contributed by atoms with Gasteiger partial charge in [-0.15, -0.1) is 0 Å². The van der Waals surface area contributed by atoms with E-state index in [4.69, 9.17) is 5.73 Å². The largest absolute Gasteiger partial charge is 0.348 e. The SMILES string of the molecule is CS(=O)(=O)c1ccc(-c2ccc(-n3c(CC(CN)=C(F)F)n[nH]c3=O)c(F)c2)cc1. The van der Waals surface area contributed by atoms with Crippen LogP contribution < -0.4 is 11.4 Å². The van der Waals surface area contributed by atoms with Crippen molar-refractivity contribution in [1.82, 2.24) is 14.8 Å².